The molecule has 0 aliphatic carbocycles. The van der Waals surface area contributed by atoms with Crippen LogP contribution in [0, 0.1) is 11.3 Å². The number of nitriles is 1. The average Bonchev–Trinajstić information content (AvgIpc) is 2.85. The third-order valence-corrected chi connectivity index (χ3v) is 2.32. The van der Waals surface area contributed by atoms with Crippen molar-refractivity contribution in [2.24, 2.45) is 0 Å². The Hall–Kier alpha value is -2.42. The third kappa shape index (κ3) is 2.63. The molecule has 1 heterocycles. The largest absolute Gasteiger partial charge is 0.494 e. The number of hydrogen-bond acceptors (Lipinski definition) is 5. The molecule has 6 heteroatoms. The Balaban J connectivity index is 2.27. The number of hydrogen-bond donors (Lipinski definition) is 0. The number of ether oxygens (including phenoxy) is 1. The smallest absolute Gasteiger partial charge is 0.183 e. The summed E-state index contributed by atoms with van der Waals surface area (Å²) in [6.07, 6.45) is 0.955. The van der Waals surface area contributed by atoms with Crippen LogP contribution in [0.3, 0.4) is 0 Å². The van der Waals surface area contributed by atoms with Crippen molar-refractivity contribution in [2.45, 2.75) is 19.9 Å². The average molecular weight is 243 g/mol. The van der Waals surface area contributed by atoms with Gasteiger partial charge in [0, 0.05) is 5.56 Å². The summed E-state index contributed by atoms with van der Waals surface area (Å²) in [5.41, 5.74) is 0.837. The number of rotatable bonds is 5. The fourth-order valence-electron chi connectivity index (χ4n) is 1.53. The summed E-state index contributed by atoms with van der Waals surface area (Å²) in [5, 5.41) is 20.0. The lowest BCUT2D eigenvalue weighted by atomic mass is 10.2. The Labute approximate surface area is 105 Å². The van der Waals surface area contributed by atoms with E-state index >= 15 is 0 Å². The fraction of sp³-hybridized carbons (Fsp3) is 0.333. The van der Waals surface area contributed by atoms with E-state index in [1.54, 1.807) is 0 Å². The van der Waals surface area contributed by atoms with Gasteiger partial charge in [0.1, 0.15) is 12.3 Å². The van der Waals surface area contributed by atoms with Crippen LogP contribution in [-0.2, 0) is 6.54 Å². The SMILES string of the molecule is CCCOc1cccc(-c2nnnn2CC#N)c1. The second kappa shape index (κ2) is 5.77. The normalized spacial score (nSPS) is 10.0. The van der Waals surface area contributed by atoms with Crippen LogP contribution in [0.1, 0.15) is 13.3 Å². The van der Waals surface area contributed by atoms with Crippen molar-refractivity contribution in [1.29, 1.82) is 5.26 Å². The molecule has 2 rings (SSSR count). The van der Waals surface area contributed by atoms with Crippen LogP contribution >= 0.6 is 0 Å². The zero-order chi connectivity index (χ0) is 12.8. The van der Waals surface area contributed by atoms with Gasteiger partial charge in [-0.2, -0.15) is 5.26 Å². The maximum absolute atomic E-state index is 8.69. The van der Waals surface area contributed by atoms with E-state index in [2.05, 4.69) is 22.4 Å². The van der Waals surface area contributed by atoms with Gasteiger partial charge in [0.2, 0.25) is 0 Å². The Kier molecular flexibility index (Phi) is 3.86. The molecule has 0 saturated heterocycles. The van der Waals surface area contributed by atoms with Crippen LogP contribution < -0.4 is 4.74 Å². The molecule has 0 N–H and O–H groups in total. The van der Waals surface area contributed by atoms with Crippen LogP contribution in [-0.4, -0.2) is 26.8 Å². The molecular formula is C12H13N5O. The van der Waals surface area contributed by atoms with Crippen molar-refractivity contribution >= 4 is 0 Å². The number of tetrazole rings is 1. The van der Waals surface area contributed by atoms with Gasteiger partial charge >= 0.3 is 0 Å². The molecule has 18 heavy (non-hydrogen) atoms. The van der Waals surface area contributed by atoms with E-state index in [1.807, 2.05) is 30.3 Å². The second-order valence-electron chi connectivity index (χ2n) is 3.69. The minimum Gasteiger partial charge on any atom is -0.494 e. The van der Waals surface area contributed by atoms with E-state index in [0.717, 1.165) is 17.7 Å². The first-order chi connectivity index (χ1) is 8.85. The number of aromatic nitrogens is 4. The minimum absolute atomic E-state index is 0.127. The molecule has 0 saturated carbocycles. The van der Waals surface area contributed by atoms with Crippen LogP contribution in [0.4, 0.5) is 0 Å². The van der Waals surface area contributed by atoms with Crippen molar-refractivity contribution in [3.8, 4) is 23.2 Å². The van der Waals surface area contributed by atoms with Gasteiger partial charge in [-0.15, -0.1) is 5.10 Å². The maximum Gasteiger partial charge on any atom is 0.183 e. The van der Waals surface area contributed by atoms with Crippen LogP contribution in [0.15, 0.2) is 24.3 Å². The van der Waals surface area contributed by atoms with Crippen molar-refractivity contribution in [2.75, 3.05) is 6.61 Å². The number of nitrogens with zero attached hydrogens (tertiary/aromatic N) is 5. The monoisotopic (exact) mass is 243 g/mol. The van der Waals surface area contributed by atoms with Crippen molar-refractivity contribution in [1.82, 2.24) is 20.2 Å². The third-order valence-electron chi connectivity index (χ3n) is 2.32. The fourth-order valence-corrected chi connectivity index (χ4v) is 1.53. The van der Waals surface area contributed by atoms with Gasteiger partial charge in [-0.25, -0.2) is 4.68 Å². The summed E-state index contributed by atoms with van der Waals surface area (Å²) < 4.78 is 7.01. The first kappa shape index (κ1) is 12.0. The van der Waals surface area contributed by atoms with Gasteiger partial charge in [-0.1, -0.05) is 19.1 Å². The van der Waals surface area contributed by atoms with Crippen molar-refractivity contribution in [3.63, 3.8) is 0 Å². The van der Waals surface area contributed by atoms with E-state index in [-0.39, 0.29) is 6.54 Å². The molecule has 0 fully saturated rings. The highest BCUT2D eigenvalue weighted by Gasteiger charge is 2.09. The predicted molar refractivity (Wildman–Crippen MR) is 64.7 cm³/mol. The van der Waals surface area contributed by atoms with E-state index < -0.39 is 0 Å². The Morgan fingerprint density at radius 1 is 1.44 bits per heavy atom. The van der Waals surface area contributed by atoms with Crippen LogP contribution in [0.25, 0.3) is 11.4 Å². The van der Waals surface area contributed by atoms with Crippen LogP contribution in [0.5, 0.6) is 5.75 Å². The standard InChI is InChI=1S/C12H13N5O/c1-2-8-18-11-5-3-4-10(9-11)12-14-15-16-17(12)7-6-13/h3-5,9H,2,7-8H2,1H3. The topological polar surface area (TPSA) is 76.6 Å². The molecule has 0 unspecified atom stereocenters. The van der Waals surface area contributed by atoms with Crippen molar-refractivity contribution < 1.29 is 4.74 Å². The van der Waals surface area contributed by atoms with E-state index in [9.17, 15) is 0 Å². The molecule has 6 nitrogen and oxygen atoms in total. The van der Waals surface area contributed by atoms with E-state index in [1.165, 1.54) is 4.68 Å². The Bertz CT molecular complexity index is 558. The molecular weight excluding hydrogens is 230 g/mol. The maximum atomic E-state index is 8.69. The summed E-state index contributed by atoms with van der Waals surface area (Å²) >= 11 is 0. The first-order valence-corrected chi connectivity index (χ1v) is 5.71. The molecule has 92 valence electrons. The minimum atomic E-state index is 0.127. The summed E-state index contributed by atoms with van der Waals surface area (Å²) in [7, 11) is 0. The second-order valence-corrected chi connectivity index (χ2v) is 3.69. The molecule has 0 bridgehead atoms. The van der Waals surface area contributed by atoms with Gasteiger partial charge in [0.05, 0.1) is 12.7 Å². The molecule has 1 aromatic heterocycles. The van der Waals surface area contributed by atoms with Gasteiger partial charge in [0.15, 0.2) is 5.82 Å². The summed E-state index contributed by atoms with van der Waals surface area (Å²) in [6, 6.07) is 9.54. The molecule has 0 radical (unpaired) electrons. The Morgan fingerprint density at radius 3 is 3.11 bits per heavy atom. The molecule has 0 aliphatic rings. The van der Waals surface area contributed by atoms with E-state index in [4.69, 9.17) is 10.00 Å². The highest BCUT2D eigenvalue weighted by atomic mass is 16.5. The summed E-state index contributed by atoms with van der Waals surface area (Å²) in [6.45, 7) is 2.85. The van der Waals surface area contributed by atoms with Gasteiger partial charge < -0.3 is 4.74 Å². The zero-order valence-corrected chi connectivity index (χ0v) is 10.1. The number of benzene rings is 1. The van der Waals surface area contributed by atoms with Crippen LogP contribution in [0.2, 0.25) is 0 Å². The zero-order valence-electron chi connectivity index (χ0n) is 10.1. The first-order valence-electron chi connectivity index (χ1n) is 5.71. The molecule has 0 spiro atoms. The summed E-state index contributed by atoms with van der Waals surface area (Å²) in [5.74, 6) is 1.35. The Morgan fingerprint density at radius 2 is 2.33 bits per heavy atom. The highest BCUT2D eigenvalue weighted by molar-refractivity contribution is 5.57. The quantitative estimate of drug-likeness (QED) is 0.798. The predicted octanol–water partition coefficient (Wildman–Crippen LogP) is 1.65. The lowest BCUT2D eigenvalue weighted by molar-refractivity contribution is 0.317. The van der Waals surface area contributed by atoms with Crippen molar-refractivity contribution in [3.05, 3.63) is 24.3 Å². The van der Waals surface area contributed by atoms with E-state index in [0.29, 0.717) is 12.4 Å². The lowest BCUT2D eigenvalue weighted by Crippen LogP contribution is -2.01. The molecule has 1 aromatic carbocycles. The molecule has 0 aliphatic heterocycles. The van der Waals surface area contributed by atoms with Gasteiger partial charge in [0.25, 0.3) is 0 Å². The summed E-state index contributed by atoms with van der Waals surface area (Å²) in [4.78, 5) is 0. The molecule has 0 atom stereocenters. The highest BCUT2D eigenvalue weighted by Crippen LogP contribution is 2.21. The van der Waals surface area contributed by atoms with Gasteiger partial charge in [-0.3, -0.25) is 0 Å². The van der Waals surface area contributed by atoms with Gasteiger partial charge in [-0.05, 0) is 29.0 Å². The molecule has 2 aromatic rings. The lowest BCUT2D eigenvalue weighted by Gasteiger charge is -2.06. The molecule has 0 amide bonds.